The fourth-order valence-electron chi connectivity index (χ4n) is 1.85. The zero-order valence-corrected chi connectivity index (χ0v) is 12.9. The Balaban J connectivity index is 1.79. The summed E-state index contributed by atoms with van der Waals surface area (Å²) in [6.45, 7) is 2.68. The average molecular weight is 369 g/mol. The standard InChI is InChI=1S/C14H16IN3O/c1-10-11(9-17-18-10)5-4-8-16-14(19)12-6-2-3-7-13(12)15/h2-3,6-7,9H,4-5,8H2,1H3,(H,16,19)(H,17,18). The minimum Gasteiger partial charge on any atom is -0.352 e. The van der Waals surface area contributed by atoms with E-state index in [2.05, 4.69) is 38.1 Å². The van der Waals surface area contributed by atoms with Gasteiger partial charge >= 0.3 is 0 Å². The maximum absolute atomic E-state index is 12.0. The molecule has 1 heterocycles. The first-order chi connectivity index (χ1) is 9.18. The molecular weight excluding hydrogens is 353 g/mol. The first kappa shape index (κ1) is 14.0. The van der Waals surface area contributed by atoms with Crippen molar-refractivity contribution in [3.05, 3.63) is 50.9 Å². The number of benzene rings is 1. The van der Waals surface area contributed by atoms with E-state index < -0.39 is 0 Å². The molecule has 0 saturated carbocycles. The zero-order chi connectivity index (χ0) is 13.7. The van der Waals surface area contributed by atoms with Crippen LogP contribution in [0.15, 0.2) is 30.5 Å². The molecular formula is C14H16IN3O. The third-order valence-electron chi connectivity index (χ3n) is 2.96. The number of rotatable bonds is 5. The third-order valence-corrected chi connectivity index (χ3v) is 3.90. The highest BCUT2D eigenvalue weighted by Crippen LogP contribution is 2.11. The van der Waals surface area contributed by atoms with Gasteiger partial charge in [0.05, 0.1) is 11.8 Å². The number of hydrogen-bond acceptors (Lipinski definition) is 2. The van der Waals surface area contributed by atoms with Gasteiger partial charge in [-0.25, -0.2) is 0 Å². The number of aromatic amines is 1. The van der Waals surface area contributed by atoms with Crippen LogP contribution in [0.1, 0.15) is 28.0 Å². The van der Waals surface area contributed by atoms with E-state index in [4.69, 9.17) is 0 Å². The van der Waals surface area contributed by atoms with Crippen LogP contribution in [0.5, 0.6) is 0 Å². The SMILES string of the molecule is Cc1[nH]ncc1CCCNC(=O)c1ccccc1I. The van der Waals surface area contributed by atoms with E-state index >= 15 is 0 Å². The number of nitrogens with zero attached hydrogens (tertiary/aromatic N) is 1. The lowest BCUT2D eigenvalue weighted by Gasteiger charge is -2.06. The first-order valence-electron chi connectivity index (χ1n) is 6.20. The smallest absolute Gasteiger partial charge is 0.252 e. The minimum atomic E-state index is -0.00563. The number of aryl methyl sites for hydroxylation is 2. The summed E-state index contributed by atoms with van der Waals surface area (Å²) >= 11 is 2.18. The Hall–Kier alpha value is -1.37. The predicted octanol–water partition coefficient (Wildman–Crippen LogP) is 2.69. The van der Waals surface area contributed by atoms with Crippen molar-refractivity contribution < 1.29 is 4.79 Å². The normalized spacial score (nSPS) is 10.4. The van der Waals surface area contributed by atoms with Gasteiger partial charge in [-0.1, -0.05) is 12.1 Å². The second kappa shape index (κ2) is 6.70. The van der Waals surface area contributed by atoms with Crippen LogP contribution < -0.4 is 5.32 Å². The molecule has 1 aromatic heterocycles. The number of amides is 1. The van der Waals surface area contributed by atoms with Gasteiger partial charge in [0.25, 0.3) is 5.91 Å². The lowest BCUT2D eigenvalue weighted by molar-refractivity contribution is 0.0952. The van der Waals surface area contributed by atoms with E-state index in [0.717, 1.165) is 27.7 Å². The molecule has 1 amide bonds. The molecule has 0 unspecified atom stereocenters. The van der Waals surface area contributed by atoms with E-state index in [0.29, 0.717) is 6.54 Å². The van der Waals surface area contributed by atoms with Gasteiger partial charge < -0.3 is 5.32 Å². The second-order valence-corrected chi connectivity index (χ2v) is 5.52. The van der Waals surface area contributed by atoms with Gasteiger partial charge in [0.15, 0.2) is 0 Å². The summed E-state index contributed by atoms with van der Waals surface area (Å²) in [6.07, 6.45) is 3.68. The van der Waals surface area contributed by atoms with E-state index in [1.807, 2.05) is 37.4 Å². The number of carbonyl (C=O) groups excluding carboxylic acids is 1. The summed E-state index contributed by atoms with van der Waals surface area (Å²) in [7, 11) is 0. The van der Waals surface area contributed by atoms with Crippen LogP contribution in [0.25, 0.3) is 0 Å². The quantitative estimate of drug-likeness (QED) is 0.629. The van der Waals surface area contributed by atoms with Crippen molar-refractivity contribution in [1.82, 2.24) is 15.5 Å². The Morgan fingerprint density at radius 3 is 2.89 bits per heavy atom. The number of carbonyl (C=O) groups is 1. The van der Waals surface area contributed by atoms with Crippen molar-refractivity contribution in [3.63, 3.8) is 0 Å². The molecule has 100 valence electrons. The Bertz CT molecular complexity index is 565. The summed E-state index contributed by atoms with van der Waals surface area (Å²) < 4.78 is 0.975. The first-order valence-corrected chi connectivity index (χ1v) is 7.28. The van der Waals surface area contributed by atoms with Crippen LogP contribution in [0, 0.1) is 10.5 Å². The van der Waals surface area contributed by atoms with Crippen LogP contribution in [-0.4, -0.2) is 22.6 Å². The summed E-state index contributed by atoms with van der Waals surface area (Å²) in [4.78, 5) is 12.0. The van der Waals surface area contributed by atoms with Crippen LogP contribution >= 0.6 is 22.6 Å². The molecule has 0 spiro atoms. The number of aromatic nitrogens is 2. The predicted molar refractivity (Wildman–Crippen MR) is 83.1 cm³/mol. The molecule has 2 rings (SSSR count). The molecule has 5 heteroatoms. The maximum Gasteiger partial charge on any atom is 0.252 e. The zero-order valence-electron chi connectivity index (χ0n) is 10.7. The molecule has 0 fully saturated rings. The lowest BCUT2D eigenvalue weighted by atomic mass is 10.1. The van der Waals surface area contributed by atoms with Gasteiger partial charge in [-0.05, 0) is 60.1 Å². The highest BCUT2D eigenvalue weighted by Gasteiger charge is 2.08. The Morgan fingerprint density at radius 2 is 2.21 bits per heavy atom. The van der Waals surface area contributed by atoms with Gasteiger partial charge in [0.2, 0.25) is 0 Å². The van der Waals surface area contributed by atoms with Crippen LogP contribution in [-0.2, 0) is 6.42 Å². The van der Waals surface area contributed by atoms with Gasteiger partial charge in [-0.2, -0.15) is 5.10 Å². The average Bonchev–Trinajstić information content (AvgIpc) is 2.80. The summed E-state index contributed by atoms with van der Waals surface area (Å²) in [5.41, 5.74) is 3.05. The summed E-state index contributed by atoms with van der Waals surface area (Å²) in [5, 5.41) is 9.84. The second-order valence-electron chi connectivity index (χ2n) is 4.36. The lowest BCUT2D eigenvalue weighted by Crippen LogP contribution is -2.25. The largest absolute Gasteiger partial charge is 0.352 e. The number of hydrogen-bond donors (Lipinski definition) is 2. The van der Waals surface area contributed by atoms with E-state index in [1.165, 1.54) is 5.56 Å². The molecule has 2 N–H and O–H groups in total. The Kier molecular flexibility index (Phi) is 4.95. The van der Waals surface area contributed by atoms with Gasteiger partial charge in [0, 0.05) is 15.8 Å². The van der Waals surface area contributed by atoms with Crippen molar-refractivity contribution in [2.24, 2.45) is 0 Å². The fraction of sp³-hybridized carbons (Fsp3) is 0.286. The molecule has 0 radical (unpaired) electrons. The fourth-order valence-corrected chi connectivity index (χ4v) is 2.48. The van der Waals surface area contributed by atoms with Crippen LogP contribution in [0.4, 0.5) is 0 Å². The summed E-state index contributed by atoms with van der Waals surface area (Å²) in [5.74, 6) is -0.00563. The maximum atomic E-state index is 12.0. The van der Waals surface area contributed by atoms with Gasteiger partial charge in [0.1, 0.15) is 0 Å². The van der Waals surface area contributed by atoms with Crippen molar-refractivity contribution >= 4 is 28.5 Å². The van der Waals surface area contributed by atoms with Crippen molar-refractivity contribution in [3.8, 4) is 0 Å². The topological polar surface area (TPSA) is 57.8 Å². The minimum absolute atomic E-state index is 0.00563. The third kappa shape index (κ3) is 3.79. The molecule has 0 saturated heterocycles. The van der Waals surface area contributed by atoms with Crippen LogP contribution in [0.3, 0.4) is 0 Å². The van der Waals surface area contributed by atoms with E-state index in [1.54, 1.807) is 0 Å². The van der Waals surface area contributed by atoms with Gasteiger partial charge in [-0.15, -0.1) is 0 Å². The van der Waals surface area contributed by atoms with Crippen LogP contribution in [0.2, 0.25) is 0 Å². The van der Waals surface area contributed by atoms with Crippen molar-refractivity contribution in [2.75, 3.05) is 6.54 Å². The molecule has 19 heavy (non-hydrogen) atoms. The Morgan fingerprint density at radius 1 is 1.42 bits per heavy atom. The Labute approximate surface area is 126 Å². The molecule has 1 aromatic carbocycles. The number of nitrogens with one attached hydrogen (secondary N) is 2. The van der Waals surface area contributed by atoms with E-state index in [9.17, 15) is 4.79 Å². The number of halogens is 1. The highest BCUT2D eigenvalue weighted by molar-refractivity contribution is 14.1. The molecule has 2 aromatic rings. The summed E-state index contributed by atoms with van der Waals surface area (Å²) in [6, 6.07) is 7.59. The number of H-pyrrole nitrogens is 1. The van der Waals surface area contributed by atoms with E-state index in [-0.39, 0.29) is 5.91 Å². The molecule has 0 aliphatic heterocycles. The monoisotopic (exact) mass is 369 g/mol. The molecule has 0 bridgehead atoms. The van der Waals surface area contributed by atoms with Crippen molar-refractivity contribution in [1.29, 1.82) is 0 Å². The molecule has 4 nitrogen and oxygen atoms in total. The molecule has 0 aliphatic rings. The molecule has 0 aliphatic carbocycles. The van der Waals surface area contributed by atoms with Crippen molar-refractivity contribution in [2.45, 2.75) is 19.8 Å². The van der Waals surface area contributed by atoms with Gasteiger partial charge in [-0.3, -0.25) is 9.89 Å². The highest BCUT2D eigenvalue weighted by atomic mass is 127. The molecule has 0 atom stereocenters.